The number of nitrogens with zero attached hydrogens (tertiary/aromatic N) is 1. The van der Waals surface area contributed by atoms with Crippen molar-refractivity contribution in [2.24, 2.45) is 10.8 Å². The molecule has 1 saturated carbocycles. The molecule has 0 amide bonds. The second-order valence-electron chi connectivity index (χ2n) is 2.72. The van der Waals surface area contributed by atoms with Gasteiger partial charge in [0, 0.05) is 18.6 Å². The summed E-state index contributed by atoms with van der Waals surface area (Å²) >= 11 is 4.57. The summed E-state index contributed by atoms with van der Waals surface area (Å²) in [6.45, 7) is 0. The van der Waals surface area contributed by atoms with Crippen molar-refractivity contribution < 1.29 is 4.79 Å². The molecule has 0 atom stereocenters. The lowest BCUT2D eigenvalue weighted by Crippen LogP contribution is -2.27. The van der Waals surface area contributed by atoms with E-state index >= 15 is 0 Å². The van der Waals surface area contributed by atoms with Crippen LogP contribution in [0.25, 0.3) is 0 Å². The molecule has 1 fully saturated rings. The highest BCUT2D eigenvalue weighted by Crippen LogP contribution is 2.10. The zero-order chi connectivity index (χ0) is 8.97. The van der Waals surface area contributed by atoms with Gasteiger partial charge in [0.05, 0.1) is 0 Å². The monoisotopic (exact) mass is 185 g/mol. The molecule has 3 N–H and O–H groups in total. The quantitative estimate of drug-likeness (QED) is 0.456. The van der Waals surface area contributed by atoms with Crippen molar-refractivity contribution in [1.82, 2.24) is 5.43 Å². The number of Topliss-reactive ketones (excluding diaryl/α,β-unsaturated/α-hetero) is 1. The number of nitrogens with one attached hydrogen (secondary N) is 1. The first kappa shape index (κ1) is 9.12. The van der Waals surface area contributed by atoms with E-state index in [0.717, 1.165) is 18.6 Å². The smallest absolute Gasteiger partial charge is 0.184 e. The van der Waals surface area contributed by atoms with Gasteiger partial charge in [0.15, 0.2) is 5.11 Å². The predicted octanol–water partition coefficient (Wildman–Crippen LogP) is 0.319. The maximum Gasteiger partial charge on any atom is 0.184 e. The molecule has 0 radical (unpaired) electrons. The Balaban J connectivity index is 2.45. The summed E-state index contributed by atoms with van der Waals surface area (Å²) < 4.78 is 0. The van der Waals surface area contributed by atoms with Gasteiger partial charge in [-0.3, -0.25) is 10.2 Å². The van der Waals surface area contributed by atoms with Crippen molar-refractivity contribution in [3.63, 3.8) is 0 Å². The van der Waals surface area contributed by atoms with Crippen LogP contribution in [0.5, 0.6) is 0 Å². The van der Waals surface area contributed by atoms with Gasteiger partial charge in [-0.25, -0.2) is 0 Å². The van der Waals surface area contributed by atoms with Gasteiger partial charge in [0.1, 0.15) is 5.78 Å². The van der Waals surface area contributed by atoms with E-state index in [1.54, 1.807) is 0 Å². The Hall–Kier alpha value is -0.970. The number of rotatable bonds is 1. The van der Waals surface area contributed by atoms with E-state index in [0.29, 0.717) is 12.8 Å². The highest BCUT2D eigenvalue weighted by Gasteiger charge is 2.13. The molecule has 0 aromatic heterocycles. The second-order valence-corrected chi connectivity index (χ2v) is 3.16. The number of carbonyl (C=O) groups is 1. The normalized spacial score (nSPS) is 21.0. The summed E-state index contributed by atoms with van der Waals surface area (Å²) in [5.41, 5.74) is 8.50. The minimum Gasteiger partial charge on any atom is -0.375 e. The van der Waals surface area contributed by atoms with Gasteiger partial charge in [0.2, 0.25) is 0 Å². The van der Waals surface area contributed by atoms with Crippen LogP contribution in [0.4, 0.5) is 0 Å². The summed E-state index contributed by atoms with van der Waals surface area (Å²) in [6, 6.07) is 0. The summed E-state index contributed by atoms with van der Waals surface area (Å²) in [6.07, 6.45) is 2.86. The van der Waals surface area contributed by atoms with Crippen LogP contribution in [-0.4, -0.2) is 16.6 Å². The molecular formula is C7H11N3OS. The SMILES string of the molecule is NC(=S)NN=C1CCCC(=O)C1. The first-order valence-electron chi connectivity index (χ1n) is 3.81. The van der Waals surface area contributed by atoms with E-state index in [1.807, 2.05) is 0 Å². The number of nitrogens with two attached hydrogens (primary N) is 1. The maximum absolute atomic E-state index is 10.9. The molecule has 12 heavy (non-hydrogen) atoms. The Kier molecular flexibility index (Phi) is 3.16. The van der Waals surface area contributed by atoms with Crippen molar-refractivity contribution in [3.8, 4) is 0 Å². The largest absolute Gasteiger partial charge is 0.375 e. The fourth-order valence-corrected chi connectivity index (χ4v) is 1.17. The molecule has 5 heteroatoms. The van der Waals surface area contributed by atoms with Crippen molar-refractivity contribution in [3.05, 3.63) is 0 Å². The van der Waals surface area contributed by atoms with Crippen LogP contribution >= 0.6 is 12.2 Å². The van der Waals surface area contributed by atoms with Gasteiger partial charge in [-0.2, -0.15) is 5.10 Å². The summed E-state index contributed by atoms with van der Waals surface area (Å²) in [5, 5.41) is 4.05. The molecule has 1 rings (SSSR count). The number of hydrazone groups is 1. The van der Waals surface area contributed by atoms with Crippen LogP contribution < -0.4 is 11.2 Å². The molecule has 0 unspecified atom stereocenters. The Bertz CT molecular complexity index is 237. The number of carbonyl (C=O) groups excluding carboxylic acids is 1. The van der Waals surface area contributed by atoms with Gasteiger partial charge in [-0.1, -0.05) is 0 Å². The van der Waals surface area contributed by atoms with Crippen molar-refractivity contribution in [2.75, 3.05) is 0 Å². The number of thiocarbonyl (C=S) groups is 1. The highest BCUT2D eigenvalue weighted by molar-refractivity contribution is 7.80. The Morgan fingerprint density at radius 2 is 2.33 bits per heavy atom. The summed E-state index contributed by atoms with van der Waals surface area (Å²) in [7, 11) is 0. The molecule has 0 spiro atoms. The molecule has 1 aliphatic rings. The van der Waals surface area contributed by atoms with Crippen LogP contribution in [0.2, 0.25) is 0 Å². The minimum atomic E-state index is 0.139. The molecule has 4 nitrogen and oxygen atoms in total. The molecule has 0 saturated heterocycles. The van der Waals surface area contributed by atoms with Crippen molar-refractivity contribution in [1.29, 1.82) is 0 Å². The predicted molar refractivity (Wildman–Crippen MR) is 50.8 cm³/mol. The van der Waals surface area contributed by atoms with Gasteiger partial charge in [0.25, 0.3) is 0 Å². The lowest BCUT2D eigenvalue weighted by molar-refractivity contribution is -0.118. The van der Waals surface area contributed by atoms with Crippen LogP contribution in [0.1, 0.15) is 25.7 Å². The lowest BCUT2D eigenvalue weighted by atomic mass is 9.97. The topological polar surface area (TPSA) is 67.5 Å². The third-order valence-electron chi connectivity index (χ3n) is 1.65. The first-order valence-corrected chi connectivity index (χ1v) is 4.22. The second kappa shape index (κ2) is 4.15. The van der Waals surface area contributed by atoms with Gasteiger partial charge in [-0.05, 0) is 25.1 Å². The maximum atomic E-state index is 10.9. The molecule has 66 valence electrons. The first-order chi connectivity index (χ1) is 5.68. The van der Waals surface area contributed by atoms with Gasteiger partial charge >= 0.3 is 0 Å². The average molecular weight is 185 g/mol. The fraction of sp³-hybridized carbons (Fsp3) is 0.571. The molecule has 1 aliphatic carbocycles. The van der Waals surface area contributed by atoms with Crippen LogP contribution in [-0.2, 0) is 4.79 Å². The van der Waals surface area contributed by atoms with Crippen LogP contribution in [0.3, 0.4) is 0 Å². The number of hydrogen-bond donors (Lipinski definition) is 2. The van der Waals surface area contributed by atoms with Crippen molar-refractivity contribution >= 4 is 28.8 Å². The van der Waals surface area contributed by atoms with Crippen LogP contribution in [0.15, 0.2) is 5.10 Å². The molecule has 0 aliphatic heterocycles. The van der Waals surface area contributed by atoms with E-state index in [4.69, 9.17) is 5.73 Å². The third kappa shape index (κ3) is 2.96. The standard InChI is InChI=1S/C7H11N3OS/c8-7(12)10-9-5-2-1-3-6(11)4-5/h1-4H2,(H3,8,10,12). The van der Waals surface area contributed by atoms with E-state index in [9.17, 15) is 4.79 Å². The van der Waals surface area contributed by atoms with E-state index in [-0.39, 0.29) is 10.9 Å². The number of ketones is 1. The zero-order valence-electron chi connectivity index (χ0n) is 6.67. The Morgan fingerprint density at radius 3 is 2.92 bits per heavy atom. The molecule has 0 aromatic carbocycles. The van der Waals surface area contributed by atoms with E-state index < -0.39 is 0 Å². The van der Waals surface area contributed by atoms with Gasteiger partial charge < -0.3 is 5.73 Å². The number of hydrogen-bond acceptors (Lipinski definition) is 3. The highest BCUT2D eigenvalue weighted by atomic mass is 32.1. The van der Waals surface area contributed by atoms with Gasteiger partial charge in [-0.15, -0.1) is 0 Å². The zero-order valence-corrected chi connectivity index (χ0v) is 7.49. The van der Waals surface area contributed by atoms with E-state index in [1.165, 1.54) is 0 Å². The molecular weight excluding hydrogens is 174 g/mol. The molecule has 0 bridgehead atoms. The van der Waals surface area contributed by atoms with Crippen molar-refractivity contribution in [2.45, 2.75) is 25.7 Å². The van der Waals surface area contributed by atoms with E-state index in [2.05, 4.69) is 22.7 Å². The summed E-state index contributed by atoms with van der Waals surface area (Å²) in [5.74, 6) is 0.240. The molecule has 0 heterocycles. The fourth-order valence-electron chi connectivity index (χ4n) is 1.12. The Morgan fingerprint density at radius 1 is 1.58 bits per heavy atom. The average Bonchev–Trinajstić information content (AvgIpc) is 2.01. The lowest BCUT2D eigenvalue weighted by Gasteiger charge is -2.10. The van der Waals surface area contributed by atoms with Crippen LogP contribution in [0, 0.1) is 0 Å². The molecule has 0 aromatic rings. The Labute approximate surface area is 76.2 Å². The minimum absolute atomic E-state index is 0.139. The summed E-state index contributed by atoms with van der Waals surface area (Å²) in [4.78, 5) is 10.9. The third-order valence-corrected chi connectivity index (χ3v) is 1.74.